The van der Waals surface area contributed by atoms with Gasteiger partial charge in [0.05, 0.1) is 18.8 Å². The van der Waals surface area contributed by atoms with Gasteiger partial charge in [-0.25, -0.2) is 0 Å². The summed E-state index contributed by atoms with van der Waals surface area (Å²) < 4.78 is 7.30. The first-order valence-corrected chi connectivity index (χ1v) is 10.8. The molecule has 2 atom stereocenters. The lowest BCUT2D eigenvalue weighted by Gasteiger charge is -2.27. The molecular formula is C24H31N3O4. The molecule has 7 nitrogen and oxygen atoms in total. The van der Waals surface area contributed by atoms with E-state index in [1.165, 1.54) is 0 Å². The van der Waals surface area contributed by atoms with Crippen molar-refractivity contribution in [3.63, 3.8) is 0 Å². The van der Waals surface area contributed by atoms with Crippen LogP contribution in [0.4, 0.5) is 0 Å². The zero-order chi connectivity index (χ0) is 22.2. The third-order valence-corrected chi connectivity index (χ3v) is 6.99. The van der Waals surface area contributed by atoms with Crippen LogP contribution in [-0.4, -0.2) is 77.8 Å². The lowest BCUT2D eigenvalue weighted by molar-refractivity contribution is 0.0666. The molecule has 4 rings (SSSR count). The number of hydrogen-bond acceptors (Lipinski definition) is 4. The Labute approximate surface area is 183 Å². The number of hydrogen-bond donors (Lipinski definition) is 1. The SMILES string of the molecule is COCCn1c(C)cc(C(=O)N2C[C@H]3CN(C(=O)c4ccccc4)C[C@@]3(CO)C2)c1C. The molecule has 2 aliphatic heterocycles. The first-order valence-electron chi connectivity index (χ1n) is 10.8. The van der Waals surface area contributed by atoms with E-state index < -0.39 is 5.41 Å². The Bertz CT molecular complexity index is 971. The van der Waals surface area contributed by atoms with Crippen LogP contribution in [0.1, 0.15) is 32.1 Å². The Morgan fingerprint density at radius 1 is 1.10 bits per heavy atom. The van der Waals surface area contributed by atoms with E-state index in [0.717, 1.165) is 11.4 Å². The number of carbonyl (C=O) groups is 2. The summed E-state index contributed by atoms with van der Waals surface area (Å²) >= 11 is 0. The smallest absolute Gasteiger partial charge is 0.255 e. The lowest BCUT2D eigenvalue weighted by atomic mass is 9.82. The van der Waals surface area contributed by atoms with Gasteiger partial charge in [0.2, 0.25) is 0 Å². The standard InChI is InChI=1S/C24H31N3O4/c1-17-11-21(18(2)27(17)9-10-31-3)23(30)26-13-20-12-25(14-24(20,15-26)16-28)22(29)19-7-5-4-6-8-19/h4-8,11,20,28H,9-10,12-16H2,1-3H3/t20-,24+/m1/s1. The second-order valence-electron chi connectivity index (χ2n) is 8.88. The second kappa shape index (κ2) is 8.48. The number of rotatable bonds is 6. The quantitative estimate of drug-likeness (QED) is 0.768. The molecule has 31 heavy (non-hydrogen) atoms. The van der Waals surface area contributed by atoms with Gasteiger partial charge in [0.15, 0.2) is 0 Å². The van der Waals surface area contributed by atoms with Crippen LogP contribution in [0.5, 0.6) is 0 Å². The van der Waals surface area contributed by atoms with Gasteiger partial charge in [-0.15, -0.1) is 0 Å². The van der Waals surface area contributed by atoms with Crippen molar-refractivity contribution in [3.8, 4) is 0 Å². The van der Waals surface area contributed by atoms with Gasteiger partial charge < -0.3 is 24.2 Å². The van der Waals surface area contributed by atoms with Crippen molar-refractivity contribution >= 4 is 11.8 Å². The predicted octanol–water partition coefficient (Wildman–Crippen LogP) is 1.96. The van der Waals surface area contributed by atoms with E-state index in [-0.39, 0.29) is 24.3 Å². The highest BCUT2D eigenvalue weighted by Crippen LogP contribution is 2.43. The fourth-order valence-electron chi connectivity index (χ4n) is 5.19. The molecule has 0 radical (unpaired) electrons. The molecule has 166 valence electrons. The maximum atomic E-state index is 13.4. The van der Waals surface area contributed by atoms with Crippen LogP contribution < -0.4 is 0 Å². The van der Waals surface area contributed by atoms with E-state index in [0.29, 0.717) is 50.5 Å². The molecule has 2 saturated heterocycles. The van der Waals surface area contributed by atoms with Crippen LogP contribution in [-0.2, 0) is 11.3 Å². The molecule has 2 aromatic rings. The van der Waals surface area contributed by atoms with Crippen molar-refractivity contribution < 1.29 is 19.4 Å². The van der Waals surface area contributed by atoms with Crippen LogP contribution >= 0.6 is 0 Å². The van der Waals surface area contributed by atoms with Gasteiger partial charge in [-0.2, -0.15) is 0 Å². The van der Waals surface area contributed by atoms with Gasteiger partial charge in [-0.1, -0.05) is 18.2 Å². The van der Waals surface area contributed by atoms with Crippen molar-refractivity contribution in [1.82, 2.24) is 14.4 Å². The first kappa shape index (κ1) is 21.6. The van der Waals surface area contributed by atoms with Crippen LogP contribution in [0, 0.1) is 25.2 Å². The maximum Gasteiger partial charge on any atom is 0.255 e. The van der Waals surface area contributed by atoms with E-state index in [1.807, 2.05) is 60.0 Å². The molecule has 2 fully saturated rings. The third kappa shape index (κ3) is 3.77. The number of aryl methyl sites for hydroxylation is 1. The van der Waals surface area contributed by atoms with Gasteiger partial charge in [0.25, 0.3) is 11.8 Å². The minimum absolute atomic E-state index is 0.0000669. The Balaban J connectivity index is 1.49. The Morgan fingerprint density at radius 3 is 2.32 bits per heavy atom. The van der Waals surface area contributed by atoms with Gasteiger partial charge in [-0.3, -0.25) is 9.59 Å². The Kier molecular flexibility index (Phi) is 5.90. The molecule has 1 aromatic heterocycles. The van der Waals surface area contributed by atoms with E-state index in [4.69, 9.17) is 4.74 Å². The summed E-state index contributed by atoms with van der Waals surface area (Å²) in [5.41, 5.74) is 2.89. The Hall–Kier alpha value is -2.64. The predicted molar refractivity (Wildman–Crippen MR) is 117 cm³/mol. The molecule has 0 spiro atoms. The normalized spacial score (nSPS) is 22.8. The van der Waals surface area contributed by atoms with E-state index in [1.54, 1.807) is 7.11 Å². The summed E-state index contributed by atoms with van der Waals surface area (Å²) in [5.74, 6) is 0.0633. The van der Waals surface area contributed by atoms with Crippen molar-refractivity contribution in [1.29, 1.82) is 0 Å². The Morgan fingerprint density at radius 2 is 1.74 bits per heavy atom. The molecular weight excluding hydrogens is 394 g/mol. The zero-order valence-electron chi connectivity index (χ0n) is 18.5. The third-order valence-electron chi connectivity index (χ3n) is 6.99. The molecule has 3 heterocycles. The van der Waals surface area contributed by atoms with Crippen LogP contribution in [0.2, 0.25) is 0 Å². The fourth-order valence-corrected chi connectivity index (χ4v) is 5.19. The molecule has 7 heteroatoms. The monoisotopic (exact) mass is 425 g/mol. The highest BCUT2D eigenvalue weighted by molar-refractivity contribution is 5.96. The average Bonchev–Trinajstić information content (AvgIpc) is 3.40. The summed E-state index contributed by atoms with van der Waals surface area (Å²) in [6, 6.07) is 11.2. The molecule has 1 N–H and O–H groups in total. The van der Waals surface area contributed by atoms with E-state index >= 15 is 0 Å². The number of ether oxygens (including phenoxy) is 1. The highest BCUT2D eigenvalue weighted by Gasteiger charge is 2.54. The summed E-state index contributed by atoms with van der Waals surface area (Å²) in [4.78, 5) is 29.9. The minimum Gasteiger partial charge on any atom is -0.396 e. The van der Waals surface area contributed by atoms with Crippen LogP contribution in [0.25, 0.3) is 0 Å². The summed E-state index contributed by atoms with van der Waals surface area (Å²) in [6.07, 6.45) is 0. The van der Waals surface area contributed by atoms with E-state index in [2.05, 4.69) is 4.57 Å². The van der Waals surface area contributed by atoms with Crippen molar-refractivity contribution in [2.45, 2.75) is 20.4 Å². The fraction of sp³-hybridized carbons (Fsp3) is 0.500. The summed E-state index contributed by atoms with van der Waals surface area (Å²) in [5, 5.41) is 10.3. The van der Waals surface area contributed by atoms with Gasteiger partial charge in [0.1, 0.15) is 0 Å². The van der Waals surface area contributed by atoms with E-state index in [9.17, 15) is 14.7 Å². The second-order valence-corrected chi connectivity index (χ2v) is 8.88. The van der Waals surface area contributed by atoms with Crippen molar-refractivity contribution in [3.05, 3.63) is 58.9 Å². The number of nitrogens with zero attached hydrogens (tertiary/aromatic N) is 3. The highest BCUT2D eigenvalue weighted by atomic mass is 16.5. The number of aliphatic hydroxyl groups is 1. The number of fused-ring (bicyclic) bond motifs is 1. The number of amides is 2. The molecule has 2 aliphatic rings. The van der Waals surface area contributed by atoms with Crippen molar-refractivity contribution in [2.24, 2.45) is 11.3 Å². The molecule has 0 saturated carbocycles. The zero-order valence-corrected chi connectivity index (χ0v) is 18.5. The first-order chi connectivity index (χ1) is 14.9. The molecule has 0 aliphatic carbocycles. The van der Waals surface area contributed by atoms with Gasteiger partial charge in [0, 0.05) is 68.1 Å². The van der Waals surface area contributed by atoms with Crippen molar-refractivity contribution in [2.75, 3.05) is 46.5 Å². The van der Waals surface area contributed by atoms with Crippen LogP contribution in [0.3, 0.4) is 0 Å². The number of methoxy groups -OCH3 is 1. The molecule has 0 bridgehead atoms. The number of benzene rings is 1. The summed E-state index contributed by atoms with van der Waals surface area (Å²) in [6.45, 7) is 7.29. The topological polar surface area (TPSA) is 75.0 Å². The number of likely N-dealkylation sites (tertiary alicyclic amines) is 2. The van der Waals surface area contributed by atoms with Gasteiger partial charge in [-0.05, 0) is 32.0 Å². The summed E-state index contributed by atoms with van der Waals surface area (Å²) in [7, 11) is 1.67. The number of aliphatic hydroxyl groups excluding tert-OH is 1. The number of aromatic nitrogens is 1. The molecule has 1 aromatic carbocycles. The molecule has 0 unspecified atom stereocenters. The number of carbonyl (C=O) groups excluding carboxylic acids is 2. The lowest BCUT2D eigenvalue weighted by Crippen LogP contribution is -2.40. The minimum atomic E-state index is -0.457. The average molecular weight is 426 g/mol. The van der Waals surface area contributed by atoms with Crippen LogP contribution in [0.15, 0.2) is 36.4 Å². The van der Waals surface area contributed by atoms with Gasteiger partial charge >= 0.3 is 0 Å². The molecule has 2 amide bonds. The maximum absolute atomic E-state index is 13.4. The largest absolute Gasteiger partial charge is 0.396 e.